The molecule has 102 valence electrons. The summed E-state index contributed by atoms with van der Waals surface area (Å²) < 4.78 is 18.9. The van der Waals surface area contributed by atoms with Crippen LogP contribution in [0.1, 0.15) is 32.2 Å². The average Bonchev–Trinajstić information content (AvgIpc) is 2.77. The van der Waals surface area contributed by atoms with E-state index >= 15 is 0 Å². The van der Waals surface area contributed by atoms with E-state index in [4.69, 9.17) is 4.42 Å². The zero-order valence-electron chi connectivity index (χ0n) is 11.7. The van der Waals surface area contributed by atoms with Gasteiger partial charge in [-0.25, -0.2) is 9.37 Å². The van der Waals surface area contributed by atoms with Crippen molar-refractivity contribution in [2.45, 2.75) is 39.8 Å². The molecule has 2 rings (SSSR count). The quantitative estimate of drug-likeness (QED) is 0.917. The molecule has 1 heterocycles. The van der Waals surface area contributed by atoms with Gasteiger partial charge in [0.15, 0.2) is 5.76 Å². The number of benzene rings is 1. The molecule has 0 amide bonds. The highest BCUT2D eigenvalue weighted by molar-refractivity contribution is 5.61. The van der Waals surface area contributed by atoms with Crippen molar-refractivity contribution in [2.75, 3.05) is 0 Å². The van der Waals surface area contributed by atoms with Gasteiger partial charge in [-0.15, -0.1) is 0 Å². The van der Waals surface area contributed by atoms with E-state index in [1.54, 1.807) is 12.3 Å². The molecule has 0 aliphatic heterocycles. The van der Waals surface area contributed by atoms with E-state index in [9.17, 15) is 4.39 Å². The van der Waals surface area contributed by atoms with Crippen molar-refractivity contribution in [3.63, 3.8) is 0 Å². The van der Waals surface area contributed by atoms with Crippen LogP contribution in [0.15, 0.2) is 28.8 Å². The van der Waals surface area contributed by atoms with Gasteiger partial charge < -0.3 is 9.73 Å². The van der Waals surface area contributed by atoms with Crippen LogP contribution in [0.5, 0.6) is 0 Å². The van der Waals surface area contributed by atoms with E-state index in [1.165, 1.54) is 12.1 Å². The third-order valence-electron chi connectivity index (χ3n) is 2.79. The fraction of sp³-hybridized carbons (Fsp3) is 0.400. The number of nitrogens with zero attached hydrogens (tertiary/aromatic N) is 1. The van der Waals surface area contributed by atoms with Crippen LogP contribution in [0, 0.1) is 12.7 Å². The van der Waals surface area contributed by atoms with E-state index in [0.29, 0.717) is 18.2 Å². The molecule has 0 unspecified atom stereocenters. The number of hydrogen-bond donors (Lipinski definition) is 1. The molecule has 0 fully saturated rings. The largest absolute Gasteiger partial charge is 0.439 e. The second kappa shape index (κ2) is 5.13. The molecule has 0 radical (unpaired) electrons. The molecule has 1 aromatic heterocycles. The molecule has 4 heteroatoms. The Hall–Kier alpha value is -1.68. The minimum atomic E-state index is -0.272. The SMILES string of the molecule is Cc1ccc(F)cc1-c1cnc(CNC(C)(C)C)o1. The smallest absolute Gasteiger partial charge is 0.208 e. The zero-order valence-corrected chi connectivity index (χ0v) is 11.7. The van der Waals surface area contributed by atoms with Crippen LogP contribution in [-0.4, -0.2) is 10.5 Å². The van der Waals surface area contributed by atoms with E-state index in [2.05, 4.69) is 31.1 Å². The van der Waals surface area contributed by atoms with E-state index in [1.807, 2.05) is 6.92 Å². The van der Waals surface area contributed by atoms with Crippen LogP contribution in [-0.2, 0) is 6.54 Å². The topological polar surface area (TPSA) is 38.1 Å². The van der Waals surface area contributed by atoms with Crippen LogP contribution in [0.25, 0.3) is 11.3 Å². The van der Waals surface area contributed by atoms with Gasteiger partial charge in [0.1, 0.15) is 5.82 Å². The third kappa shape index (κ3) is 3.64. The molecule has 0 bridgehead atoms. The lowest BCUT2D eigenvalue weighted by Crippen LogP contribution is -2.35. The summed E-state index contributed by atoms with van der Waals surface area (Å²) in [5.41, 5.74) is 1.71. The lowest BCUT2D eigenvalue weighted by molar-refractivity contribution is 0.383. The second-order valence-corrected chi connectivity index (χ2v) is 5.68. The summed E-state index contributed by atoms with van der Waals surface area (Å²) in [6.45, 7) is 8.71. The standard InChI is InChI=1S/C15H19FN2O/c1-10-5-6-11(16)7-12(10)13-8-17-14(19-13)9-18-15(2,3)4/h5-8,18H,9H2,1-4H3. The lowest BCUT2D eigenvalue weighted by atomic mass is 10.1. The highest BCUT2D eigenvalue weighted by Crippen LogP contribution is 2.25. The first-order chi connectivity index (χ1) is 8.85. The summed E-state index contributed by atoms with van der Waals surface area (Å²) in [6.07, 6.45) is 1.64. The molecule has 1 N–H and O–H groups in total. The van der Waals surface area contributed by atoms with Gasteiger partial charge in [0.05, 0.1) is 12.7 Å². The molecule has 0 aliphatic rings. The molecular weight excluding hydrogens is 243 g/mol. The Morgan fingerprint density at radius 2 is 2.05 bits per heavy atom. The highest BCUT2D eigenvalue weighted by Gasteiger charge is 2.13. The minimum Gasteiger partial charge on any atom is -0.439 e. The summed E-state index contributed by atoms with van der Waals surface area (Å²) in [7, 11) is 0. The Kier molecular flexibility index (Phi) is 3.71. The summed E-state index contributed by atoms with van der Waals surface area (Å²) >= 11 is 0. The second-order valence-electron chi connectivity index (χ2n) is 5.68. The van der Waals surface area contributed by atoms with Crippen molar-refractivity contribution in [3.8, 4) is 11.3 Å². The van der Waals surface area contributed by atoms with Crippen LogP contribution in [0.3, 0.4) is 0 Å². The third-order valence-corrected chi connectivity index (χ3v) is 2.79. The van der Waals surface area contributed by atoms with Crippen molar-refractivity contribution in [2.24, 2.45) is 0 Å². The number of rotatable bonds is 3. The van der Waals surface area contributed by atoms with Gasteiger partial charge in [-0.3, -0.25) is 0 Å². The fourth-order valence-electron chi connectivity index (χ4n) is 1.72. The normalized spacial score (nSPS) is 11.8. The monoisotopic (exact) mass is 262 g/mol. The number of aryl methyl sites for hydroxylation is 1. The number of nitrogens with one attached hydrogen (secondary N) is 1. The number of aromatic nitrogens is 1. The Labute approximate surface area is 112 Å². The van der Waals surface area contributed by atoms with Crippen LogP contribution in [0.4, 0.5) is 4.39 Å². The summed E-state index contributed by atoms with van der Waals surface area (Å²) in [5, 5.41) is 3.30. The molecule has 3 nitrogen and oxygen atoms in total. The maximum absolute atomic E-state index is 13.3. The molecule has 0 spiro atoms. The van der Waals surface area contributed by atoms with Gasteiger partial charge in [0, 0.05) is 11.1 Å². The molecule has 0 atom stereocenters. The molecule has 0 saturated carbocycles. The van der Waals surface area contributed by atoms with Gasteiger partial charge in [-0.1, -0.05) is 6.07 Å². The maximum Gasteiger partial charge on any atom is 0.208 e. The van der Waals surface area contributed by atoms with Gasteiger partial charge in [-0.2, -0.15) is 0 Å². The molecule has 1 aromatic carbocycles. The van der Waals surface area contributed by atoms with Gasteiger partial charge in [0.2, 0.25) is 5.89 Å². The molecule has 19 heavy (non-hydrogen) atoms. The van der Waals surface area contributed by atoms with Gasteiger partial charge in [-0.05, 0) is 45.4 Å². The molecule has 2 aromatic rings. The predicted molar refractivity (Wildman–Crippen MR) is 73.2 cm³/mol. The molecule has 0 aliphatic carbocycles. The maximum atomic E-state index is 13.3. The summed E-state index contributed by atoms with van der Waals surface area (Å²) in [6, 6.07) is 4.65. The Morgan fingerprint density at radius 1 is 1.32 bits per heavy atom. The lowest BCUT2D eigenvalue weighted by Gasteiger charge is -2.18. The van der Waals surface area contributed by atoms with Crippen molar-refractivity contribution < 1.29 is 8.81 Å². The fourth-order valence-corrected chi connectivity index (χ4v) is 1.72. The van der Waals surface area contributed by atoms with Crippen molar-refractivity contribution >= 4 is 0 Å². The molecular formula is C15H19FN2O. The van der Waals surface area contributed by atoms with E-state index in [0.717, 1.165) is 11.1 Å². The predicted octanol–water partition coefficient (Wildman–Crippen LogP) is 3.68. The molecule has 0 saturated heterocycles. The van der Waals surface area contributed by atoms with Crippen molar-refractivity contribution in [1.82, 2.24) is 10.3 Å². The van der Waals surface area contributed by atoms with Gasteiger partial charge >= 0.3 is 0 Å². The van der Waals surface area contributed by atoms with E-state index in [-0.39, 0.29) is 11.4 Å². The Morgan fingerprint density at radius 3 is 2.74 bits per heavy atom. The minimum absolute atomic E-state index is 0.00338. The highest BCUT2D eigenvalue weighted by atomic mass is 19.1. The number of halogens is 1. The average molecular weight is 262 g/mol. The van der Waals surface area contributed by atoms with Crippen LogP contribution >= 0.6 is 0 Å². The Bertz CT molecular complexity index is 570. The number of oxazole rings is 1. The van der Waals surface area contributed by atoms with Crippen molar-refractivity contribution in [1.29, 1.82) is 0 Å². The van der Waals surface area contributed by atoms with Crippen LogP contribution < -0.4 is 5.32 Å². The van der Waals surface area contributed by atoms with Gasteiger partial charge in [0.25, 0.3) is 0 Å². The first-order valence-corrected chi connectivity index (χ1v) is 6.31. The summed E-state index contributed by atoms with van der Waals surface area (Å²) in [4.78, 5) is 4.21. The zero-order chi connectivity index (χ0) is 14.0. The van der Waals surface area contributed by atoms with E-state index < -0.39 is 0 Å². The van der Waals surface area contributed by atoms with Crippen molar-refractivity contribution in [3.05, 3.63) is 41.7 Å². The first-order valence-electron chi connectivity index (χ1n) is 6.31. The first kappa shape index (κ1) is 13.7. The summed E-state index contributed by atoms with van der Waals surface area (Å²) in [5.74, 6) is 0.933. The Balaban J connectivity index is 2.19. The number of hydrogen-bond acceptors (Lipinski definition) is 3. The van der Waals surface area contributed by atoms with Crippen LogP contribution in [0.2, 0.25) is 0 Å².